The standard InChI is InChI=1S/C26H31FN8O3S/c27-20-16-19(38-18-5-14-39(36)15-6-18)3-4-22(20)34-11-9-33(10-12-34)8-7-29-26-30-24-17-21(23-2-1-13-37-23)32-35(24)25(28)31-26/h1-4,13,16-18H,5-12,14-15H2,(H3,28,29,30,31). The van der Waals surface area contributed by atoms with Gasteiger partial charge in [0.25, 0.3) is 0 Å². The normalized spacial score (nSPS) is 20.4. The monoisotopic (exact) mass is 554 g/mol. The lowest BCUT2D eigenvalue weighted by Gasteiger charge is -2.36. The molecule has 4 aromatic rings. The van der Waals surface area contributed by atoms with Crippen molar-refractivity contribution in [2.24, 2.45) is 0 Å². The van der Waals surface area contributed by atoms with Crippen LogP contribution in [0.2, 0.25) is 0 Å². The van der Waals surface area contributed by atoms with Crippen LogP contribution in [0.25, 0.3) is 17.1 Å². The van der Waals surface area contributed by atoms with E-state index in [4.69, 9.17) is 14.9 Å². The third-order valence-electron chi connectivity index (χ3n) is 7.10. The van der Waals surface area contributed by atoms with Crippen molar-refractivity contribution in [3.8, 4) is 17.2 Å². The van der Waals surface area contributed by atoms with Crippen LogP contribution in [0.4, 0.5) is 22.0 Å². The highest BCUT2D eigenvalue weighted by atomic mass is 32.2. The van der Waals surface area contributed by atoms with Gasteiger partial charge in [-0.15, -0.1) is 0 Å². The van der Waals surface area contributed by atoms with Gasteiger partial charge in [0.05, 0.1) is 12.0 Å². The molecule has 3 N–H and O–H groups in total. The summed E-state index contributed by atoms with van der Waals surface area (Å²) in [7, 11) is -0.742. The quantitative estimate of drug-likeness (QED) is 0.336. The summed E-state index contributed by atoms with van der Waals surface area (Å²) in [5.41, 5.74) is 7.91. The number of piperazine rings is 1. The predicted octanol–water partition coefficient (Wildman–Crippen LogP) is 2.63. The summed E-state index contributed by atoms with van der Waals surface area (Å²) in [6, 6.07) is 10.5. The Kier molecular flexibility index (Phi) is 7.33. The third-order valence-corrected chi connectivity index (χ3v) is 8.49. The fourth-order valence-electron chi connectivity index (χ4n) is 4.97. The van der Waals surface area contributed by atoms with Gasteiger partial charge in [0.15, 0.2) is 11.4 Å². The van der Waals surface area contributed by atoms with Crippen LogP contribution in [0.5, 0.6) is 5.75 Å². The van der Waals surface area contributed by atoms with Crippen molar-refractivity contribution in [3.05, 3.63) is 48.5 Å². The molecule has 0 amide bonds. The summed E-state index contributed by atoms with van der Waals surface area (Å²) in [5.74, 6) is 2.88. The van der Waals surface area contributed by atoms with Crippen molar-refractivity contribution < 1.29 is 17.8 Å². The maximum atomic E-state index is 14.9. The van der Waals surface area contributed by atoms with Crippen molar-refractivity contribution >= 4 is 34.0 Å². The van der Waals surface area contributed by atoms with Crippen LogP contribution in [0, 0.1) is 5.82 Å². The average molecular weight is 555 g/mol. The van der Waals surface area contributed by atoms with Gasteiger partial charge in [-0.3, -0.25) is 9.11 Å². The number of nitrogen functional groups attached to an aromatic ring is 1. The molecule has 6 rings (SSSR count). The van der Waals surface area contributed by atoms with Crippen LogP contribution >= 0.6 is 0 Å². The summed E-state index contributed by atoms with van der Waals surface area (Å²) < 4.78 is 39.3. The van der Waals surface area contributed by atoms with E-state index < -0.39 is 10.8 Å². The molecule has 0 bridgehead atoms. The molecule has 2 aliphatic rings. The zero-order valence-corrected chi connectivity index (χ0v) is 22.3. The molecule has 0 radical (unpaired) electrons. The molecular weight excluding hydrogens is 523 g/mol. The van der Waals surface area contributed by atoms with Gasteiger partial charge in [0, 0.05) is 73.7 Å². The summed E-state index contributed by atoms with van der Waals surface area (Å²) in [5, 5.41) is 7.66. The molecule has 2 aliphatic heterocycles. The van der Waals surface area contributed by atoms with E-state index >= 15 is 0 Å². The van der Waals surface area contributed by atoms with Crippen molar-refractivity contribution in [1.82, 2.24) is 24.5 Å². The lowest BCUT2D eigenvalue weighted by Crippen LogP contribution is -2.48. The number of nitrogens with zero attached hydrogens (tertiary/aromatic N) is 6. The second-order valence-corrected chi connectivity index (χ2v) is 11.4. The second-order valence-electron chi connectivity index (χ2n) is 9.72. The maximum absolute atomic E-state index is 14.9. The number of furan rings is 1. The van der Waals surface area contributed by atoms with Crippen molar-refractivity contribution in [3.63, 3.8) is 0 Å². The number of fused-ring (bicyclic) bond motifs is 1. The first-order valence-corrected chi connectivity index (χ1v) is 14.6. The number of rotatable bonds is 8. The minimum atomic E-state index is -0.742. The molecule has 1 aromatic carbocycles. The summed E-state index contributed by atoms with van der Waals surface area (Å²) in [6.07, 6.45) is 3.09. The van der Waals surface area contributed by atoms with Crippen LogP contribution in [-0.2, 0) is 10.8 Å². The molecule has 3 aromatic heterocycles. The zero-order valence-electron chi connectivity index (χ0n) is 21.5. The number of benzene rings is 1. The zero-order chi connectivity index (χ0) is 26.8. The predicted molar refractivity (Wildman–Crippen MR) is 148 cm³/mol. The van der Waals surface area contributed by atoms with Gasteiger partial charge in [-0.1, -0.05) is 0 Å². The molecule has 0 saturated carbocycles. The van der Waals surface area contributed by atoms with Gasteiger partial charge in [-0.05, 0) is 37.1 Å². The summed E-state index contributed by atoms with van der Waals surface area (Å²) >= 11 is 0. The molecule has 0 aliphatic carbocycles. The van der Waals surface area contributed by atoms with E-state index in [2.05, 4.69) is 30.2 Å². The van der Waals surface area contributed by atoms with Crippen LogP contribution < -0.4 is 20.7 Å². The smallest absolute Gasteiger partial charge is 0.228 e. The molecule has 39 heavy (non-hydrogen) atoms. The SMILES string of the molecule is Nc1nc(NCCN2CCN(c3ccc(OC4CCS(=O)CC4)cc3F)CC2)nc2cc(-c3ccco3)nn12. The van der Waals surface area contributed by atoms with Crippen LogP contribution in [-0.4, -0.2) is 85.6 Å². The number of hydrogen-bond acceptors (Lipinski definition) is 10. The maximum Gasteiger partial charge on any atom is 0.228 e. The topological polar surface area (TPSA) is 127 Å². The third kappa shape index (κ3) is 5.83. The van der Waals surface area contributed by atoms with Gasteiger partial charge in [0.2, 0.25) is 11.9 Å². The Bertz CT molecular complexity index is 1450. The van der Waals surface area contributed by atoms with Gasteiger partial charge < -0.3 is 25.1 Å². The molecule has 0 unspecified atom stereocenters. The highest BCUT2D eigenvalue weighted by molar-refractivity contribution is 7.85. The Hall–Kier alpha value is -3.71. The lowest BCUT2D eigenvalue weighted by molar-refractivity contribution is 0.190. The van der Waals surface area contributed by atoms with Crippen LogP contribution in [0.15, 0.2) is 47.1 Å². The molecule has 11 nitrogen and oxygen atoms in total. The minimum absolute atomic E-state index is 0.00756. The Balaban J connectivity index is 0.987. The second kappa shape index (κ2) is 11.2. The molecule has 206 valence electrons. The summed E-state index contributed by atoms with van der Waals surface area (Å²) in [6.45, 7) is 4.52. The highest BCUT2D eigenvalue weighted by Gasteiger charge is 2.22. The van der Waals surface area contributed by atoms with E-state index in [1.54, 1.807) is 24.5 Å². The van der Waals surface area contributed by atoms with E-state index in [-0.39, 0.29) is 17.9 Å². The Morgan fingerprint density at radius 3 is 2.69 bits per heavy atom. The number of aromatic nitrogens is 4. The molecule has 2 saturated heterocycles. The number of anilines is 3. The van der Waals surface area contributed by atoms with E-state index in [0.29, 0.717) is 52.5 Å². The largest absolute Gasteiger partial charge is 0.490 e. The average Bonchev–Trinajstić information content (AvgIpc) is 3.61. The van der Waals surface area contributed by atoms with Gasteiger partial charge >= 0.3 is 0 Å². The minimum Gasteiger partial charge on any atom is -0.490 e. The Morgan fingerprint density at radius 1 is 1.13 bits per heavy atom. The number of hydrogen-bond donors (Lipinski definition) is 2. The Labute approximate surface area is 227 Å². The molecule has 13 heteroatoms. The molecule has 0 spiro atoms. The Morgan fingerprint density at radius 2 is 1.95 bits per heavy atom. The highest BCUT2D eigenvalue weighted by Crippen LogP contribution is 2.27. The van der Waals surface area contributed by atoms with Gasteiger partial charge in [-0.2, -0.15) is 19.6 Å². The number of ether oxygens (including phenoxy) is 1. The van der Waals surface area contributed by atoms with Crippen molar-refractivity contribution in [1.29, 1.82) is 0 Å². The first-order chi connectivity index (χ1) is 19.0. The van der Waals surface area contributed by atoms with Crippen LogP contribution in [0.1, 0.15) is 12.8 Å². The number of nitrogens with one attached hydrogen (secondary N) is 1. The van der Waals surface area contributed by atoms with Crippen molar-refractivity contribution in [2.45, 2.75) is 18.9 Å². The molecule has 0 atom stereocenters. The van der Waals surface area contributed by atoms with E-state index in [1.165, 1.54) is 10.6 Å². The number of nitrogens with two attached hydrogens (primary N) is 1. The molecule has 5 heterocycles. The van der Waals surface area contributed by atoms with Crippen molar-refractivity contribution in [2.75, 3.05) is 66.7 Å². The van der Waals surface area contributed by atoms with E-state index in [9.17, 15) is 8.60 Å². The van der Waals surface area contributed by atoms with Gasteiger partial charge in [-0.25, -0.2) is 4.39 Å². The van der Waals surface area contributed by atoms with E-state index in [1.807, 2.05) is 12.1 Å². The fourth-order valence-corrected chi connectivity index (χ4v) is 6.23. The number of halogens is 1. The van der Waals surface area contributed by atoms with E-state index in [0.717, 1.165) is 45.6 Å². The first-order valence-electron chi connectivity index (χ1n) is 13.1. The summed E-state index contributed by atoms with van der Waals surface area (Å²) in [4.78, 5) is 13.2. The molecule has 2 fully saturated rings. The van der Waals surface area contributed by atoms with Crippen LogP contribution in [0.3, 0.4) is 0 Å². The molecular formula is C26H31FN8O3S. The first kappa shape index (κ1) is 25.6. The van der Waals surface area contributed by atoms with Gasteiger partial charge in [0.1, 0.15) is 23.4 Å². The lowest BCUT2D eigenvalue weighted by atomic mass is 10.2. The fraction of sp³-hybridized carbons (Fsp3) is 0.423.